The van der Waals surface area contributed by atoms with E-state index in [1.807, 2.05) is 12.1 Å². The first-order valence-electron chi connectivity index (χ1n) is 6.46. The molecule has 0 unspecified atom stereocenters. The Labute approximate surface area is 137 Å². The second-order valence-corrected chi connectivity index (χ2v) is 7.02. The number of benzene rings is 2. The normalized spacial score (nSPS) is 18.9. The molecule has 0 saturated heterocycles. The van der Waals surface area contributed by atoms with Crippen LogP contribution in [0.15, 0.2) is 40.9 Å². The van der Waals surface area contributed by atoms with Crippen LogP contribution >= 0.6 is 39.1 Å². The van der Waals surface area contributed by atoms with Crippen LogP contribution in [-0.4, -0.2) is 18.5 Å². The first kappa shape index (κ1) is 14.4. The van der Waals surface area contributed by atoms with Gasteiger partial charge in [0.25, 0.3) is 0 Å². The number of nitrogens with zero attached hydrogens (tertiary/aromatic N) is 1. The summed E-state index contributed by atoms with van der Waals surface area (Å²) in [5.74, 6) is 0.303. The molecule has 0 bridgehead atoms. The fraction of sp³-hybridized carbons (Fsp3) is 0.250. The van der Waals surface area contributed by atoms with Crippen LogP contribution in [0.3, 0.4) is 0 Å². The molecule has 0 aromatic heterocycles. The summed E-state index contributed by atoms with van der Waals surface area (Å²) in [6.45, 7) is 1.84. The van der Waals surface area contributed by atoms with Gasteiger partial charge in [-0.15, -0.1) is 0 Å². The second kappa shape index (κ2) is 5.69. The molecule has 1 aliphatic rings. The largest absolute Gasteiger partial charge is 0.301 e. The van der Waals surface area contributed by atoms with Crippen LogP contribution in [-0.2, 0) is 6.54 Å². The lowest BCUT2D eigenvalue weighted by Crippen LogP contribution is -2.31. The smallest absolute Gasteiger partial charge is 0.0468 e. The molecule has 0 spiro atoms. The maximum Gasteiger partial charge on any atom is 0.0468 e. The van der Waals surface area contributed by atoms with Crippen molar-refractivity contribution in [3.63, 3.8) is 0 Å². The Bertz CT molecular complexity index is 657. The molecule has 4 heteroatoms. The van der Waals surface area contributed by atoms with Crippen LogP contribution < -0.4 is 0 Å². The molecule has 20 heavy (non-hydrogen) atoms. The van der Waals surface area contributed by atoms with Crippen LogP contribution in [0.4, 0.5) is 0 Å². The van der Waals surface area contributed by atoms with Crippen molar-refractivity contribution in [3.05, 3.63) is 67.6 Å². The lowest BCUT2D eigenvalue weighted by Gasteiger charge is -2.33. The van der Waals surface area contributed by atoms with E-state index in [9.17, 15) is 0 Å². The molecule has 0 N–H and O–H groups in total. The highest BCUT2D eigenvalue weighted by Gasteiger charge is 2.27. The summed E-state index contributed by atoms with van der Waals surface area (Å²) < 4.78 is 1.10. The predicted octanol–water partition coefficient (Wildman–Crippen LogP) is 5.33. The van der Waals surface area contributed by atoms with Crippen molar-refractivity contribution in [3.8, 4) is 0 Å². The highest BCUT2D eigenvalue weighted by molar-refractivity contribution is 9.10. The molecule has 2 aromatic carbocycles. The van der Waals surface area contributed by atoms with E-state index in [-0.39, 0.29) is 0 Å². The number of fused-ring (bicyclic) bond motifs is 1. The molecule has 1 atom stereocenters. The van der Waals surface area contributed by atoms with Crippen LogP contribution in [0.5, 0.6) is 0 Å². The fourth-order valence-corrected chi connectivity index (χ4v) is 3.84. The SMILES string of the molecule is CN1Cc2c(Cl)cc(Cl)cc2[C@H](c2cccc(Br)c2)C1. The summed E-state index contributed by atoms with van der Waals surface area (Å²) in [6.07, 6.45) is 0. The van der Waals surface area contributed by atoms with Crippen LogP contribution in [0.25, 0.3) is 0 Å². The van der Waals surface area contributed by atoms with Gasteiger partial charge in [0.2, 0.25) is 0 Å². The Morgan fingerprint density at radius 1 is 1.20 bits per heavy atom. The topological polar surface area (TPSA) is 3.24 Å². The van der Waals surface area contributed by atoms with Gasteiger partial charge in [-0.05, 0) is 48.0 Å². The van der Waals surface area contributed by atoms with Gasteiger partial charge < -0.3 is 4.90 Å². The highest BCUT2D eigenvalue weighted by atomic mass is 79.9. The highest BCUT2D eigenvalue weighted by Crippen LogP contribution is 2.38. The zero-order valence-corrected chi connectivity index (χ0v) is 14.1. The Hall–Kier alpha value is -0.540. The van der Waals surface area contributed by atoms with Crippen LogP contribution in [0.2, 0.25) is 10.0 Å². The van der Waals surface area contributed by atoms with E-state index in [1.54, 1.807) is 0 Å². The summed E-state index contributed by atoms with van der Waals surface area (Å²) in [5, 5.41) is 1.47. The van der Waals surface area contributed by atoms with E-state index >= 15 is 0 Å². The molecule has 2 aromatic rings. The number of hydrogen-bond acceptors (Lipinski definition) is 1. The average Bonchev–Trinajstić information content (AvgIpc) is 2.39. The molecule has 3 rings (SSSR count). The van der Waals surface area contributed by atoms with Crippen molar-refractivity contribution in [1.82, 2.24) is 4.90 Å². The van der Waals surface area contributed by atoms with Gasteiger partial charge in [-0.2, -0.15) is 0 Å². The minimum Gasteiger partial charge on any atom is -0.301 e. The standard InChI is InChI=1S/C16H14BrCl2N/c1-20-8-14(10-3-2-4-11(17)5-10)13-6-12(18)7-16(19)15(13)9-20/h2-7,14H,8-9H2,1H3/t14-/m0/s1. The Kier molecular flexibility index (Phi) is 4.09. The molecule has 1 heterocycles. The molecule has 104 valence electrons. The van der Waals surface area contributed by atoms with E-state index in [0.717, 1.165) is 22.6 Å². The average molecular weight is 371 g/mol. The third-order valence-electron chi connectivity index (χ3n) is 3.74. The van der Waals surface area contributed by atoms with Crippen LogP contribution in [0, 0.1) is 0 Å². The molecular formula is C16H14BrCl2N. The van der Waals surface area contributed by atoms with Gasteiger partial charge in [-0.25, -0.2) is 0 Å². The second-order valence-electron chi connectivity index (χ2n) is 5.26. The summed E-state index contributed by atoms with van der Waals surface area (Å²) in [5.41, 5.74) is 3.72. The van der Waals surface area contributed by atoms with Gasteiger partial charge in [0, 0.05) is 33.5 Å². The first-order chi connectivity index (χ1) is 9.54. The molecule has 0 amide bonds. The lowest BCUT2D eigenvalue weighted by molar-refractivity contribution is 0.295. The van der Waals surface area contributed by atoms with E-state index in [1.165, 1.54) is 16.7 Å². The van der Waals surface area contributed by atoms with Crippen LogP contribution in [0.1, 0.15) is 22.6 Å². The van der Waals surface area contributed by atoms with Crippen molar-refractivity contribution in [2.45, 2.75) is 12.5 Å². The first-order valence-corrected chi connectivity index (χ1v) is 8.01. The number of hydrogen-bond donors (Lipinski definition) is 0. The van der Waals surface area contributed by atoms with E-state index in [4.69, 9.17) is 23.2 Å². The number of rotatable bonds is 1. The van der Waals surface area contributed by atoms with Crippen molar-refractivity contribution < 1.29 is 0 Å². The number of halogens is 3. The van der Waals surface area contributed by atoms with E-state index in [2.05, 4.69) is 52.1 Å². The molecule has 1 nitrogen and oxygen atoms in total. The summed E-state index contributed by atoms with van der Waals surface area (Å²) in [6, 6.07) is 12.3. The maximum atomic E-state index is 6.38. The van der Waals surface area contributed by atoms with E-state index in [0.29, 0.717) is 10.9 Å². The summed E-state index contributed by atoms with van der Waals surface area (Å²) in [4.78, 5) is 2.30. The van der Waals surface area contributed by atoms with E-state index < -0.39 is 0 Å². The van der Waals surface area contributed by atoms with Gasteiger partial charge in [0.15, 0.2) is 0 Å². The third-order valence-corrected chi connectivity index (χ3v) is 4.79. The van der Waals surface area contributed by atoms with Crippen molar-refractivity contribution in [2.75, 3.05) is 13.6 Å². The molecule has 0 aliphatic carbocycles. The zero-order chi connectivity index (χ0) is 14.3. The quantitative estimate of drug-likeness (QED) is 0.655. The van der Waals surface area contributed by atoms with Gasteiger partial charge in [-0.3, -0.25) is 0 Å². The summed E-state index contributed by atoms with van der Waals surface area (Å²) in [7, 11) is 2.12. The zero-order valence-electron chi connectivity index (χ0n) is 11.0. The van der Waals surface area contributed by atoms with Gasteiger partial charge in [0.05, 0.1) is 0 Å². The van der Waals surface area contributed by atoms with Crippen molar-refractivity contribution >= 4 is 39.1 Å². The maximum absolute atomic E-state index is 6.38. The molecule has 1 aliphatic heterocycles. The molecular weight excluding hydrogens is 357 g/mol. The minimum atomic E-state index is 0.303. The third kappa shape index (κ3) is 2.75. The monoisotopic (exact) mass is 369 g/mol. The fourth-order valence-electron chi connectivity index (χ4n) is 2.85. The Morgan fingerprint density at radius 2 is 2.00 bits per heavy atom. The predicted molar refractivity (Wildman–Crippen MR) is 88.8 cm³/mol. The molecule has 0 radical (unpaired) electrons. The number of likely N-dealkylation sites (N-methyl/N-ethyl adjacent to an activating group) is 1. The van der Waals surface area contributed by atoms with Gasteiger partial charge in [0.1, 0.15) is 0 Å². The van der Waals surface area contributed by atoms with Crippen molar-refractivity contribution in [2.24, 2.45) is 0 Å². The molecule has 0 fully saturated rings. The van der Waals surface area contributed by atoms with Gasteiger partial charge >= 0.3 is 0 Å². The summed E-state index contributed by atoms with van der Waals surface area (Å²) >= 11 is 16.1. The Balaban J connectivity index is 2.15. The van der Waals surface area contributed by atoms with Crippen molar-refractivity contribution in [1.29, 1.82) is 0 Å². The molecule has 0 saturated carbocycles. The Morgan fingerprint density at radius 3 is 2.75 bits per heavy atom. The lowest BCUT2D eigenvalue weighted by atomic mass is 9.85. The van der Waals surface area contributed by atoms with Gasteiger partial charge in [-0.1, -0.05) is 51.3 Å². The minimum absolute atomic E-state index is 0.303.